The minimum Gasteiger partial charge on any atom is -0.429 e. The van der Waals surface area contributed by atoms with Crippen LogP contribution in [0.2, 0.25) is 0 Å². The molecule has 36 heteroatoms. The fourth-order valence-electron chi connectivity index (χ4n) is 18.7. The number of unbranched alkanes of at least 4 members (excludes halogenated alkanes) is 1. The number of thioether (sulfide) groups is 1. The molecular weight excluding hydrogens is 1580 g/mol. The van der Waals surface area contributed by atoms with Gasteiger partial charge < -0.3 is 99.9 Å². The molecule has 19 atom stereocenters. The Hall–Kier alpha value is -7.56. The van der Waals surface area contributed by atoms with E-state index >= 15 is 0 Å². The Morgan fingerprint density at radius 2 is 1.48 bits per heavy atom. The van der Waals surface area contributed by atoms with Crippen LogP contribution in [0.25, 0.3) is 0 Å². The quantitative estimate of drug-likeness (QED) is 0.0249. The van der Waals surface area contributed by atoms with E-state index in [1.165, 1.54) is 21.3 Å². The van der Waals surface area contributed by atoms with Crippen LogP contribution in [-0.2, 0) is 104 Å². The first-order valence-electron chi connectivity index (χ1n) is 42.4. The van der Waals surface area contributed by atoms with Crippen LogP contribution in [-0.4, -0.2) is 269 Å². The van der Waals surface area contributed by atoms with Gasteiger partial charge in [0.25, 0.3) is 0 Å². The first-order chi connectivity index (χ1) is 57.5. The highest BCUT2D eigenvalue weighted by Crippen LogP contribution is 2.70. The number of likely N-dealkylation sites (tertiary alicyclic amines) is 1. The van der Waals surface area contributed by atoms with Gasteiger partial charge in [-0.05, 0) is 131 Å². The van der Waals surface area contributed by atoms with Crippen LogP contribution in [0.3, 0.4) is 0 Å². The van der Waals surface area contributed by atoms with Crippen molar-refractivity contribution in [3.8, 4) is 0 Å². The molecule has 2 aromatic rings. The molecule has 0 radical (unpaired) electrons. The molecule has 3 aliphatic heterocycles. The molecule has 35 nitrogen and oxygen atoms in total. The number of aliphatic hydroxyl groups is 5. The lowest BCUT2D eigenvalue weighted by Gasteiger charge is -2.59. The second kappa shape index (κ2) is 44.7. The minimum absolute atomic E-state index is 0.0165. The van der Waals surface area contributed by atoms with Gasteiger partial charge in [-0.3, -0.25) is 48.1 Å². The molecule has 3 saturated carbocycles. The Kier molecular flexibility index (Phi) is 35.2. The van der Waals surface area contributed by atoms with Gasteiger partial charge in [-0.15, -0.1) is 5.10 Å². The van der Waals surface area contributed by atoms with Gasteiger partial charge in [0.2, 0.25) is 35.3 Å². The average molecular weight is 1710 g/mol. The van der Waals surface area contributed by atoms with E-state index in [9.17, 15) is 78.3 Å². The van der Waals surface area contributed by atoms with E-state index in [0.717, 1.165) is 31.3 Å². The zero-order valence-electron chi connectivity index (χ0n) is 69.7. The smallest absolute Gasteiger partial charge is 0.429 e. The van der Waals surface area contributed by atoms with Crippen LogP contribution in [0.1, 0.15) is 186 Å². The second-order valence-electron chi connectivity index (χ2n) is 33.4. The Balaban J connectivity index is 0.708. The highest BCUT2D eigenvalue weighted by Gasteiger charge is 2.76. The third-order valence-electron chi connectivity index (χ3n) is 25.0. The Labute approximate surface area is 703 Å². The number of hydrogen-bond acceptors (Lipinski definition) is 29. The number of rotatable bonds is 47. The van der Waals surface area contributed by atoms with Gasteiger partial charge in [-0.2, -0.15) is 11.8 Å². The zero-order valence-corrected chi connectivity index (χ0v) is 70.5. The van der Waals surface area contributed by atoms with E-state index in [1.807, 2.05) is 19.9 Å². The highest BCUT2D eigenvalue weighted by atomic mass is 32.2. The van der Waals surface area contributed by atoms with Crippen molar-refractivity contribution in [3.05, 3.63) is 65.0 Å². The summed E-state index contributed by atoms with van der Waals surface area (Å²) in [5.41, 5.74) is 5.19. The number of ether oxygens (including phenoxy) is 10. The predicted molar refractivity (Wildman–Crippen MR) is 430 cm³/mol. The first kappa shape index (κ1) is 94.7. The zero-order chi connectivity index (χ0) is 86.4. The number of carbonyl (C=O) groups is 11. The summed E-state index contributed by atoms with van der Waals surface area (Å²) in [6, 6.07) is 4.43. The first-order valence-corrected chi connectivity index (χ1v) is 43.7. The second-order valence-corrected chi connectivity index (χ2v) is 34.4. The monoisotopic (exact) mass is 1710 g/mol. The molecule has 7 amide bonds. The number of benzene rings is 1. The standard InChI is InChI=1S/C84H123N9O26S/c1-7-14-69-118-66-42-58-57-24-21-53-41-55(95)25-27-82(53,4)70(57)61(98)44-83(58,5)84(66,119-69)65(99)47-116-81(109)115-46-50-19-22-54(23-20-50)88-76(105)52(16-13-29-87-80(85)108)40-60(97)71(49(2)3)89-77(106)51(39-56(96)26-31-110-33-35-112-37-38-113-36-34-111-32-30-92-68(101)43-64(120-6)78(92)107)15-11-12-28-86-67(100)48-114-62-18-10-8-9-17-59-72(62)90-91-93(59)79-75(104)74(103)73(102)63(45-94)117-79/h19-20,22-23,25,27,41,49,51-52,57-58,61-64,66,69-71,73-75,79,94,98,102-104H,7-18,21,24,26,28-40,42-48H2,1-6H3,(H,86,100)(H,88,105)(H,89,106)(H3,85,87,108)/t51-,52+,57-,58-,61-,62?,63+,64?,66+,69?,70+,71-,73-,74-,75+,79+,82-,83-,84+/m0/s1. The fraction of sp³-hybridized carbons (Fsp3) is 0.726. The molecule has 11 N–H and O–H groups in total. The largest absolute Gasteiger partial charge is 0.509 e. The van der Waals surface area contributed by atoms with Crippen molar-refractivity contribution >= 4 is 82.3 Å². The van der Waals surface area contributed by atoms with E-state index in [0.29, 0.717) is 74.0 Å². The van der Waals surface area contributed by atoms with E-state index < -0.39 is 150 Å². The van der Waals surface area contributed by atoms with E-state index in [1.54, 1.807) is 56.5 Å². The van der Waals surface area contributed by atoms with Gasteiger partial charge in [0.1, 0.15) is 55.2 Å². The summed E-state index contributed by atoms with van der Waals surface area (Å²) < 4.78 is 60.0. The number of nitrogens with zero attached hydrogens (tertiary/aromatic N) is 4. The molecule has 1 aromatic heterocycles. The summed E-state index contributed by atoms with van der Waals surface area (Å²) in [7, 11) is 0. The molecule has 4 heterocycles. The number of aromatic nitrogens is 3. The number of carbonyl (C=O) groups excluding carboxylic acids is 11. The molecule has 5 aliphatic carbocycles. The van der Waals surface area contributed by atoms with E-state index in [2.05, 4.69) is 38.5 Å². The number of urea groups is 1. The number of amides is 7. The third kappa shape index (κ3) is 23.5. The number of nitrogens with one attached hydrogen (secondary N) is 4. The van der Waals surface area contributed by atoms with Crippen molar-refractivity contribution in [1.29, 1.82) is 0 Å². The Bertz CT molecular complexity index is 3920. The van der Waals surface area contributed by atoms with Gasteiger partial charge in [0, 0.05) is 73.0 Å². The Morgan fingerprint density at radius 1 is 0.783 bits per heavy atom. The number of aliphatic hydroxyl groups excluding tert-OH is 5. The number of nitrogens with two attached hydrogens (primary N) is 1. The predicted octanol–water partition coefficient (Wildman–Crippen LogP) is 4.43. The SMILES string of the molecule is CCCC1O[C@@H]2C[C@H]3[C@@H]4CCC5=CC(=O)C=C[C@]5(C)[C@H]4[C@@H](O)C[C@]3(C)[C@]2(C(=O)COC(=O)OCc2ccc(NC(=O)[C@H](CCCNC(N)=O)CC(=O)[C@@H](NC(=O)[C@@H](CCCCNC(=O)COC3CCCCCc4c3nnn4[C@@H]3O[C@H](CO)[C@H](O)[C@H](O)[C@H]3O)CC(=O)CCOCCOCCOCCOCCN3C(=O)CC(SC)C3=O)C(C)C)cc2)O1. The topological polar surface area (TPSA) is 489 Å². The van der Waals surface area contributed by atoms with Crippen LogP contribution < -0.4 is 27.0 Å². The summed E-state index contributed by atoms with van der Waals surface area (Å²) in [6.07, 6.45) is 3.14. The molecule has 120 heavy (non-hydrogen) atoms. The van der Waals surface area contributed by atoms with Crippen molar-refractivity contribution in [3.63, 3.8) is 0 Å². The molecule has 3 unspecified atom stereocenters. The number of ketones is 4. The van der Waals surface area contributed by atoms with Crippen LogP contribution in [0, 0.1) is 46.3 Å². The number of primary amides is 1. The third-order valence-corrected chi connectivity index (χ3v) is 26.0. The summed E-state index contributed by atoms with van der Waals surface area (Å²) >= 11 is 1.35. The van der Waals surface area contributed by atoms with Crippen molar-refractivity contribution in [2.45, 2.75) is 242 Å². The molecule has 10 rings (SSSR count). The van der Waals surface area contributed by atoms with Crippen molar-refractivity contribution in [2.75, 3.05) is 104 Å². The molecule has 0 spiro atoms. The number of fused-ring (bicyclic) bond motifs is 8. The number of hydrogen-bond donors (Lipinski definition) is 10. The maximum atomic E-state index is 14.8. The molecule has 1 aromatic carbocycles. The van der Waals surface area contributed by atoms with Crippen molar-refractivity contribution in [2.24, 2.45) is 52.1 Å². The van der Waals surface area contributed by atoms with E-state index in [-0.39, 0.29) is 183 Å². The summed E-state index contributed by atoms with van der Waals surface area (Å²) in [4.78, 5) is 149. The van der Waals surface area contributed by atoms with Gasteiger partial charge in [0.05, 0.1) is 95.2 Å². The van der Waals surface area contributed by atoms with Crippen LogP contribution in [0.5, 0.6) is 0 Å². The van der Waals surface area contributed by atoms with Crippen LogP contribution in [0.15, 0.2) is 48.1 Å². The van der Waals surface area contributed by atoms with Gasteiger partial charge >= 0.3 is 12.2 Å². The Morgan fingerprint density at radius 3 is 2.17 bits per heavy atom. The number of imide groups is 1. The highest BCUT2D eigenvalue weighted by molar-refractivity contribution is 8.00. The lowest BCUT2D eigenvalue weighted by molar-refractivity contribution is -0.254. The van der Waals surface area contributed by atoms with Crippen LogP contribution >= 0.6 is 11.8 Å². The molecule has 8 aliphatic rings. The lowest BCUT2D eigenvalue weighted by atomic mass is 9.46. The van der Waals surface area contributed by atoms with Crippen LogP contribution in [0.4, 0.5) is 15.3 Å². The summed E-state index contributed by atoms with van der Waals surface area (Å²) in [5.74, 6) is -6.08. The average Bonchev–Trinajstić information content (AvgIpc) is 1.58. The van der Waals surface area contributed by atoms with Gasteiger partial charge in [0.15, 0.2) is 36.3 Å². The molecular formula is C84H123N9O26S. The number of Topliss-reactive ketones (excluding diaryl/α,β-unsaturated/α-hetero) is 3. The molecule has 666 valence electrons. The summed E-state index contributed by atoms with van der Waals surface area (Å²) in [5, 5.41) is 73.2. The number of anilines is 1. The molecule has 0 bridgehead atoms. The fourth-order valence-corrected chi connectivity index (χ4v) is 19.4. The van der Waals surface area contributed by atoms with Gasteiger partial charge in [-0.1, -0.05) is 89.3 Å². The van der Waals surface area contributed by atoms with Crippen molar-refractivity contribution < 1.29 is 126 Å². The number of allylic oxidation sites excluding steroid dienone is 4. The van der Waals surface area contributed by atoms with Crippen molar-refractivity contribution in [1.82, 2.24) is 35.8 Å². The molecule has 6 fully saturated rings. The van der Waals surface area contributed by atoms with Gasteiger partial charge in [-0.25, -0.2) is 14.3 Å². The maximum Gasteiger partial charge on any atom is 0.509 e. The summed E-state index contributed by atoms with van der Waals surface area (Å²) in [6.45, 7) is 9.58. The molecule has 3 saturated heterocycles. The lowest BCUT2D eigenvalue weighted by Crippen LogP contribution is -2.63. The maximum absolute atomic E-state index is 14.8. The normalized spacial score (nSPS) is 28.9. The van der Waals surface area contributed by atoms with E-state index in [4.69, 9.17) is 53.1 Å². The minimum atomic E-state index is -1.64.